The third-order valence-electron chi connectivity index (χ3n) is 1.70. The van der Waals surface area contributed by atoms with Gasteiger partial charge in [-0.25, -0.2) is 18.1 Å². The van der Waals surface area contributed by atoms with Crippen LogP contribution in [0.25, 0.3) is 0 Å². The highest BCUT2D eigenvalue weighted by atomic mass is 32.2. The van der Waals surface area contributed by atoms with E-state index in [1.165, 1.54) is 11.3 Å². The van der Waals surface area contributed by atoms with Gasteiger partial charge < -0.3 is 0 Å². The second-order valence-corrected chi connectivity index (χ2v) is 7.36. The highest BCUT2D eigenvalue weighted by Gasteiger charge is 2.28. The molecule has 1 heterocycles. The van der Waals surface area contributed by atoms with Gasteiger partial charge in [-0.2, -0.15) is 0 Å². The Balaban J connectivity index is 2.63. The highest BCUT2D eigenvalue weighted by molar-refractivity contribution is 7.90. The molecule has 80 valence electrons. The van der Waals surface area contributed by atoms with Gasteiger partial charge in [0.2, 0.25) is 10.0 Å². The maximum atomic E-state index is 11.6. The van der Waals surface area contributed by atoms with Crippen molar-refractivity contribution in [2.75, 3.05) is 0 Å². The normalized spacial score (nSPS) is 13.1. The average molecular weight is 234 g/mol. The van der Waals surface area contributed by atoms with Crippen molar-refractivity contribution in [1.29, 1.82) is 0 Å². The van der Waals surface area contributed by atoms with Crippen molar-refractivity contribution >= 4 is 21.4 Å². The van der Waals surface area contributed by atoms with Crippen LogP contribution in [0.2, 0.25) is 0 Å². The molecule has 0 saturated heterocycles. The predicted octanol–water partition coefficient (Wildman–Crippen LogP) is 1.36. The molecule has 1 aromatic rings. The number of hydrogen-bond donors (Lipinski definition) is 1. The Morgan fingerprint density at radius 3 is 2.57 bits per heavy atom. The molecule has 0 radical (unpaired) electrons. The molecule has 0 aliphatic heterocycles. The summed E-state index contributed by atoms with van der Waals surface area (Å²) in [6.07, 6.45) is 1.66. The lowest BCUT2D eigenvalue weighted by molar-refractivity contribution is 0.544. The maximum absolute atomic E-state index is 11.6. The van der Waals surface area contributed by atoms with Crippen LogP contribution in [-0.2, 0) is 16.6 Å². The van der Waals surface area contributed by atoms with E-state index in [1.54, 1.807) is 27.0 Å². The standard InChI is InChI=1S/C8H14N2O2S2/c1-8(2,3)14(11,12)10-6-7-9-4-5-13-7/h4-5,10H,6H2,1-3H3. The second kappa shape index (κ2) is 3.96. The van der Waals surface area contributed by atoms with E-state index in [4.69, 9.17) is 0 Å². The first-order valence-electron chi connectivity index (χ1n) is 4.20. The molecule has 0 aliphatic rings. The van der Waals surface area contributed by atoms with Gasteiger partial charge >= 0.3 is 0 Å². The van der Waals surface area contributed by atoms with E-state index in [2.05, 4.69) is 9.71 Å². The Labute approximate surface area is 88.4 Å². The van der Waals surface area contributed by atoms with Crippen LogP contribution >= 0.6 is 11.3 Å². The Hall–Kier alpha value is -0.460. The molecule has 0 aromatic carbocycles. The fourth-order valence-electron chi connectivity index (χ4n) is 0.714. The molecular formula is C8H14N2O2S2. The SMILES string of the molecule is CC(C)(C)S(=O)(=O)NCc1nccs1. The van der Waals surface area contributed by atoms with Gasteiger partial charge in [-0.15, -0.1) is 11.3 Å². The Morgan fingerprint density at radius 2 is 2.14 bits per heavy atom. The minimum atomic E-state index is -3.26. The molecule has 1 N–H and O–H groups in total. The predicted molar refractivity (Wildman–Crippen MR) is 57.6 cm³/mol. The summed E-state index contributed by atoms with van der Waals surface area (Å²) in [5, 5.41) is 2.60. The van der Waals surface area contributed by atoms with Gasteiger partial charge in [0.15, 0.2) is 0 Å². The first-order chi connectivity index (χ1) is 6.33. The number of rotatable bonds is 3. The molecule has 14 heavy (non-hydrogen) atoms. The molecule has 0 spiro atoms. The molecule has 6 heteroatoms. The Bertz CT molecular complexity index is 376. The number of thiazole rings is 1. The topological polar surface area (TPSA) is 59.1 Å². The molecular weight excluding hydrogens is 220 g/mol. The lowest BCUT2D eigenvalue weighted by Crippen LogP contribution is -2.38. The van der Waals surface area contributed by atoms with Crippen LogP contribution in [0, 0.1) is 0 Å². The molecule has 0 bridgehead atoms. The summed E-state index contributed by atoms with van der Waals surface area (Å²) < 4.78 is 25.0. The van der Waals surface area contributed by atoms with Crippen LogP contribution in [0.1, 0.15) is 25.8 Å². The number of nitrogens with zero attached hydrogens (tertiary/aromatic N) is 1. The van der Waals surface area contributed by atoms with E-state index in [1.807, 2.05) is 5.38 Å². The number of nitrogens with one attached hydrogen (secondary N) is 1. The van der Waals surface area contributed by atoms with Crippen molar-refractivity contribution in [3.8, 4) is 0 Å². The van der Waals surface area contributed by atoms with Crippen LogP contribution in [0.15, 0.2) is 11.6 Å². The van der Waals surface area contributed by atoms with Crippen LogP contribution in [0.3, 0.4) is 0 Å². The summed E-state index contributed by atoms with van der Waals surface area (Å²) in [7, 11) is -3.26. The Kier molecular flexibility index (Phi) is 3.28. The number of aromatic nitrogens is 1. The van der Waals surface area contributed by atoms with E-state index in [0.717, 1.165) is 5.01 Å². The molecule has 4 nitrogen and oxygen atoms in total. The molecule has 0 saturated carbocycles. The summed E-state index contributed by atoms with van der Waals surface area (Å²) >= 11 is 1.44. The van der Waals surface area contributed by atoms with Crippen LogP contribution in [0.4, 0.5) is 0 Å². The van der Waals surface area contributed by atoms with Gasteiger partial charge in [0, 0.05) is 11.6 Å². The van der Waals surface area contributed by atoms with Gasteiger partial charge in [-0.05, 0) is 20.8 Å². The average Bonchev–Trinajstić information content (AvgIpc) is 2.50. The maximum Gasteiger partial charge on any atom is 0.216 e. The first-order valence-corrected chi connectivity index (χ1v) is 6.57. The van der Waals surface area contributed by atoms with Crippen molar-refractivity contribution in [1.82, 2.24) is 9.71 Å². The summed E-state index contributed by atoms with van der Waals surface area (Å²) in [5.41, 5.74) is 0. The van der Waals surface area contributed by atoms with Crippen LogP contribution in [-0.4, -0.2) is 18.1 Å². The summed E-state index contributed by atoms with van der Waals surface area (Å²) in [5.74, 6) is 0. The van der Waals surface area contributed by atoms with Crippen LogP contribution in [0.5, 0.6) is 0 Å². The smallest absolute Gasteiger partial charge is 0.216 e. The minimum absolute atomic E-state index is 0.275. The Morgan fingerprint density at radius 1 is 1.50 bits per heavy atom. The van der Waals surface area contributed by atoms with E-state index in [0.29, 0.717) is 0 Å². The van der Waals surface area contributed by atoms with Gasteiger partial charge in [-0.3, -0.25) is 0 Å². The third-order valence-corrected chi connectivity index (χ3v) is 4.62. The molecule has 1 rings (SSSR count). The van der Waals surface area contributed by atoms with Crippen molar-refractivity contribution in [2.24, 2.45) is 0 Å². The quantitative estimate of drug-likeness (QED) is 0.859. The van der Waals surface area contributed by atoms with Crippen molar-refractivity contribution in [3.63, 3.8) is 0 Å². The fraction of sp³-hybridized carbons (Fsp3) is 0.625. The first kappa shape index (κ1) is 11.6. The fourth-order valence-corrected chi connectivity index (χ4v) is 2.12. The zero-order valence-electron chi connectivity index (χ0n) is 8.44. The molecule has 0 atom stereocenters. The third kappa shape index (κ3) is 2.76. The second-order valence-electron chi connectivity index (χ2n) is 3.86. The molecule has 0 unspecified atom stereocenters. The number of hydrogen-bond acceptors (Lipinski definition) is 4. The van der Waals surface area contributed by atoms with Crippen molar-refractivity contribution < 1.29 is 8.42 Å². The monoisotopic (exact) mass is 234 g/mol. The zero-order chi connectivity index (χ0) is 10.8. The summed E-state index contributed by atoms with van der Waals surface area (Å²) in [4.78, 5) is 3.99. The number of sulfonamides is 1. The van der Waals surface area contributed by atoms with Crippen LogP contribution < -0.4 is 4.72 Å². The van der Waals surface area contributed by atoms with Crippen molar-refractivity contribution in [3.05, 3.63) is 16.6 Å². The molecule has 1 aromatic heterocycles. The highest BCUT2D eigenvalue weighted by Crippen LogP contribution is 2.14. The largest absolute Gasteiger partial charge is 0.248 e. The minimum Gasteiger partial charge on any atom is -0.248 e. The van der Waals surface area contributed by atoms with Crippen molar-refractivity contribution in [2.45, 2.75) is 32.1 Å². The zero-order valence-corrected chi connectivity index (χ0v) is 10.1. The van der Waals surface area contributed by atoms with E-state index >= 15 is 0 Å². The molecule has 0 aliphatic carbocycles. The van der Waals surface area contributed by atoms with Gasteiger partial charge in [0.1, 0.15) is 5.01 Å². The lowest BCUT2D eigenvalue weighted by Gasteiger charge is -2.19. The van der Waals surface area contributed by atoms with E-state index in [9.17, 15) is 8.42 Å². The van der Waals surface area contributed by atoms with E-state index < -0.39 is 14.8 Å². The molecule has 0 fully saturated rings. The van der Waals surface area contributed by atoms with Gasteiger partial charge in [0.05, 0.1) is 11.3 Å². The molecule has 0 amide bonds. The summed E-state index contributed by atoms with van der Waals surface area (Å²) in [6, 6.07) is 0. The lowest BCUT2D eigenvalue weighted by atomic mass is 10.3. The van der Waals surface area contributed by atoms with Gasteiger partial charge in [-0.1, -0.05) is 0 Å². The summed E-state index contributed by atoms with van der Waals surface area (Å²) in [6.45, 7) is 5.27. The van der Waals surface area contributed by atoms with E-state index in [-0.39, 0.29) is 6.54 Å². The van der Waals surface area contributed by atoms with Gasteiger partial charge in [0.25, 0.3) is 0 Å².